The van der Waals surface area contributed by atoms with E-state index < -0.39 is 0 Å². The van der Waals surface area contributed by atoms with E-state index in [9.17, 15) is 0 Å². The van der Waals surface area contributed by atoms with Crippen LogP contribution in [-0.4, -0.2) is 6.54 Å². The third-order valence-electron chi connectivity index (χ3n) is 1.55. The van der Waals surface area contributed by atoms with Crippen molar-refractivity contribution in [3.63, 3.8) is 0 Å². The van der Waals surface area contributed by atoms with Gasteiger partial charge >= 0.3 is 0 Å². The molecule has 0 saturated heterocycles. The molecule has 1 heterocycles. The lowest BCUT2D eigenvalue weighted by atomic mass is 10.2. The number of thiophene rings is 1. The van der Waals surface area contributed by atoms with Crippen molar-refractivity contribution in [3.8, 4) is 0 Å². The zero-order valence-corrected chi connectivity index (χ0v) is 7.72. The van der Waals surface area contributed by atoms with Crippen LogP contribution < -0.4 is 5.73 Å². The van der Waals surface area contributed by atoms with Crippen LogP contribution in [0.15, 0.2) is 30.4 Å². The van der Waals surface area contributed by atoms with Crippen LogP contribution in [0.5, 0.6) is 0 Å². The van der Waals surface area contributed by atoms with Crippen molar-refractivity contribution in [3.05, 3.63) is 35.2 Å². The summed E-state index contributed by atoms with van der Waals surface area (Å²) in [6.07, 6.45) is 2.40. The smallest absolute Gasteiger partial charge is 0.133 e. The zero-order valence-electron chi connectivity index (χ0n) is 6.90. The van der Waals surface area contributed by atoms with E-state index in [0.29, 0.717) is 6.54 Å². The maximum atomic E-state index is 5.46. The van der Waals surface area contributed by atoms with Crippen LogP contribution in [0.4, 0.5) is 0 Å². The lowest BCUT2D eigenvalue weighted by molar-refractivity contribution is 0.143. The van der Waals surface area contributed by atoms with Crippen LogP contribution in [0.1, 0.15) is 17.4 Å². The van der Waals surface area contributed by atoms with Gasteiger partial charge in [-0.15, -0.1) is 11.3 Å². The number of rotatable bonds is 5. The summed E-state index contributed by atoms with van der Waals surface area (Å²) in [5.41, 5.74) is 5.46. The Balaban J connectivity index is 2.59. The number of hydrogen-bond donors (Lipinski definition) is 1. The Bertz CT molecular complexity index is 220. The molecule has 0 bridgehead atoms. The molecule has 2 nitrogen and oxygen atoms in total. The van der Waals surface area contributed by atoms with Crippen LogP contribution in [0, 0.1) is 0 Å². The van der Waals surface area contributed by atoms with E-state index in [1.54, 1.807) is 11.3 Å². The Labute approximate surface area is 76.7 Å². The third kappa shape index (κ3) is 2.36. The minimum atomic E-state index is 0.0903. The fraction of sp³-hybridized carbons (Fsp3) is 0.333. The second-order valence-corrected chi connectivity index (χ2v) is 3.36. The minimum absolute atomic E-state index is 0.0903. The highest BCUT2D eigenvalue weighted by atomic mass is 32.1. The van der Waals surface area contributed by atoms with Crippen molar-refractivity contribution in [2.75, 3.05) is 6.54 Å². The Morgan fingerprint density at radius 3 is 3.08 bits per heavy atom. The van der Waals surface area contributed by atoms with Crippen molar-refractivity contribution in [2.45, 2.75) is 12.5 Å². The summed E-state index contributed by atoms with van der Waals surface area (Å²) in [5, 5.41) is 2.03. The van der Waals surface area contributed by atoms with Crippen molar-refractivity contribution < 1.29 is 4.74 Å². The van der Waals surface area contributed by atoms with E-state index >= 15 is 0 Å². The molecule has 0 fully saturated rings. The van der Waals surface area contributed by atoms with Gasteiger partial charge in [0.15, 0.2) is 0 Å². The Kier molecular flexibility index (Phi) is 3.84. The molecule has 1 aromatic rings. The molecular weight excluding hydrogens is 170 g/mol. The van der Waals surface area contributed by atoms with Gasteiger partial charge in [-0.2, -0.15) is 0 Å². The normalized spacial score (nSPS) is 12.4. The molecule has 1 rings (SSSR count). The van der Waals surface area contributed by atoms with Gasteiger partial charge in [0.05, 0.1) is 6.26 Å². The Morgan fingerprint density at radius 2 is 2.58 bits per heavy atom. The van der Waals surface area contributed by atoms with E-state index in [2.05, 4.69) is 12.6 Å². The quantitative estimate of drug-likeness (QED) is 0.711. The molecule has 1 aromatic heterocycles. The Morgan fingerprint density at radius 1 is 1.75 bits per heavy atom. The van der Waals surface area contributed by atoms with Crippen molar-refractivity contribution in [1.29, 1.82) is 0 Å². The van der Waals surface area contributed by atoms with Crippen molar-refractivity contribution in [2.24, 2.45) is 5.73 Å². The van der Waals surface area contributed by atoms with Gasteiger partial charge in [0, 0.05) is 11.3 Å². The molecule has 3 heteroatoms. The van der Waals surface area contributed by atoms with Gasteiger partial charge in [0.2, 0.25) is 0 Å². The fourth-order valence-electron chi connectivity index (χ4n) is 1.02. The highest BCUT2D eigenvalue weighted by Gasteiger charge is 2.10. The minimum Gasteiger partial charge on any atom is -0.493 e. The number of ether oxygens (including phenoxy) is 1. The van der Waals surface area contributed by atoms with Crippen LogP contribution >= 0.6 is 11.3 Å². The second-order valence-electron chi connectivity index (χ2n) is 2.38. The summed E-state index contributed by atoms with van der Waals surface area (Å²) in [7, 11) is 0. The van der Waals surface area contributed by atoms with Crippen LogP contribution in [0.25, 0.3) is 0 Å². The molecule has 0 aliphatic carbocycles. The first kappa shape index (κ1) is 9.29. The van der Waals surface area contributed by atoms with Gasteiger partial charge in [-0.1, -0.05) is 12.6 Å². The fourth-order valence-corrected chi connectivity index (χ4v) is 1.82. The molecule has 0 amide bonds. The lowest BCUT2D eigenvalue weighted by Crippen LogP contribution is -2.07. The van der Waals surface area contributed by atoms with Crippen LogP contribution in [0.2, 0.25) is 0 Å². The summed E-state index contributed by atoms with van der Waals surface area (Å²) >= 11 is 1.68. The van der Waals surface area contributed by atoms with Gasteiger partial charge in [0.1, 0.15) is 6.10 Å². The first-order chi connectivity index (χ1) is 5.88. The average Bonchev–Trinajstić information content (AvgIpc) is 2.56. The van der Waals surface area contributed by atoms with Gasteiger partial charge in [0.25, 0.3) is 0 Å². The SMILES string of the molecule is C=COC(CCN)c1cccs1. The van der Waals surface area contributed by atoms with E-state index in [0.717, 1.165) is 6.42 Å². The Hall–Kier alpha value is -0.800. The van der Waals surface area contributed by atoms with E-state index in [-0.39, 0.29) is 6.10 Å². The second kappa shape index (κ2) is 4.95. The van der Waals surface area contributed by atoms with Crippen LogP contribution in [0.3, 0.4) is 0 Å². The highest BCUT2D eigenvalue weighted by molar-refractivity contribution is 7.10. The van der Waals surface area contributed by atoms with Gasteiger partial charge in [-0.25, -0.2) is 0 Å². The molecule has 2 N–H and O–H groups in total. The van der Waals surface area contributed by atoms with Gasteiger partial charge in [-0.05, 0) is 18.0 Å². The van der Waals surface area contributed by atoms with Gasteiger partial charge < -0.3 is 10.5 Å². The van der Waals surface area contributed by atoms with Crippen molar-refractivity contribution >= 4 is 11.3 Å². The predicted molar refractivity (Wildman–Crippen MR) is 52.0 cm³/mol. The summed E-state index contributed by atoms with van der Waals surface area (Å²) in [4.78, 5) is 1.21. The van der Waals surface area contributed by atoms with Crippen LogP contribution in [-0.2, 0) is 4.74 Å². The largest absolute Gasteiger partial charge is 0.493 e. The number of nitrogens with two attached hydrogens (primary N) is 1. The average molecular weight is 183 g/mol. The molecule has 0 aliphatic heterocycles. The van der Waals surface area contributed by atoms with Crippen molar-refractivity contribution in [1.82, 2.24) is 0 Å². The van der Waals surface area contributed by atoms with Gasteiger partial charge in [-0.3, -0.25) is 0 Å². The van der Waals surface area contributed by atoms with E-state index in [1.165, 1.54) is 11.1 Å². The predicted octanol–water partition coefficient (Wildman–Crippen LogP) is 2.30. The molecular formula is C9H13NOS. The maximum absolute atomic E-state index is 5.46. The standard InChI is InChI=1S/C9H13NOS/c1-2-11-8(5-6-10)9-4-3-7-12-9/h2-4,7-8H,1,5-6,10H2. The summed E-state index contributed by atoms with van der Waals surface area (Å²) in [6, 6.07) is 4.06. The molecule has 0 saturated carbocycles. The first-order valence-corrected chi connectivity index (χ1v) is 4.76. The molecule has 0 aromatic carbocycles. The molecule has 1 unspecified atom stereocenters. The third-order valence-corrected chi connectivity index (χ3v) is 2.51. The molecule has 0 radical (unpaired) electrons. The zero-order chi connectivity index (χ0) is 8.81. The monoisotopic (exact) mass is 183 g/mol. The summed E-state index contributed by atoms with van der Waals surface area (Å²) in [6.45, 7) is 4.17. The lowest BCUT2D eigenvalue weighted by Gasteiger charge is -2.13. The van der Waals surface area contributed by atoms with E-state index in [1.807, 2.05) is 11.4 Å². The molecule has 1 atom stereocenters. The maximum Gasteiger partial charge on any atom is 0.133 e. The molecule has 66 valence electrons. The number of hydrogen-bond acceptors (Lipinski definition) is 3. The summed E-state index contributed by atoms with van der Waals surface area (Å²) < 4.78 is 5.32. The molecule has 12 heavy (non-hydrogen) atoms. The molecule has 0 aliphatic rings. The highest BCUT2D eigenvalue weighted by Crippen LogP contribution is 2.24. The topological polar surface area (TPSA) is 35.2 Å². The van der Waals surface area contributed by atoms with E-state index in [4.69, 9.17) is 10.5 Å². The first-order valence-electron chi connectivity index (χ1n) is 3.88. The summed E-state index contributed by atoms with van der Waals surface area (Å²) in [5.74, 6) is 0. The molecule has 0 spiro atoms.